The molecule has 2 aromatic rings. The molecular formula is C13H11FO2. The number of methoxy groups -OCH3 is 1. The van der Waals surface area contributed by atoms with Gasteiger partial charge in [-0.2, -0.15) is 0 Å². The molecule has 82 valence electrons. The van der Waals surface area contributed by atoms with Gasteiger partial charge >= 0.3 is 0 Å². The molecule has 0 bridgehead atoms. The maximum atomic E-state index is 13.5. The van der Waals surface area contributed by atoms with E-state index in [1.165, 1.54) is 25.3 Å². The number of phenols is 1. The zero-order chi connectivity index (χ0) is 11.5. The monoisotopic (exact) mass is 218 g/mol. The van der Waals surface area contributed by atoms with E-state index in [1.54, 1.807) is 24.3 Å². The van der Waals surface area contributed by atoms with Gasteiger partial charge in [-0.15, -0.1) is 0 Å². The summed E-state index contributed by atoms with van der Waals surface area (Å²) >= 11 is 0. The van der Waals surface area contributed by atoms with Gasteiger partial charge in [-0.25, -0.2) is 4.39 Å². The Morgan fingerprint density at radius 2 is 1.88 bits per heavy atom. The molecule has 2 aromatic carbocycles. The SMILES string of the molecule is COc1cc(O)cc(-c2ccccc2F)c1. The van der Waals surface area contributed by atoms with Crippen LogP contribution in [-0.2, 0) is 0 Å². The summed E-state index contributed by atoms with van der Waals surface area (Å²) in [7, 11) is 1.50. The molecule has 1 N–H and O–H groups in total. The van der Waals surface area contributed by atoms with Crippen molar-refractivity contribution in [3.8, 4) is 22.6 Å². The fourth-order valence-electron chi connectivity index (χ4n) is 1.55. The van der Waals surface area contributed by atoms with Gasteiger partial charge in [0.05, 0.1) is 7.11 Å². The van der Waals surface area contributed by atoms with Crippen LogP contribution in [0.4, 0.5) is 4.39 Å². The van der Waals surface area contributed by atoms with Crippen molar-refractivity contribution in [3.05, 3.63) is 48.3 Å². The Balaban J connectivity index is 2.56. The number of ether oxygens (including phenoxy) is 1. The molecular weight excluding hydrogens is 207 g/mol. The Kier molecular flexibility index (Phi) is 2.77. The third-order valence-electron chi connectivity index (χ3n) is 2.31. The van der Waals surface area contributed by atoms with Gasteiger partial charge in [0.15, 0.2) is 0 Å². The Bertz CT molecular complexity index is 509. The van der Waals surface area contributed by atoms with Gasteiger partial charge in [-0.05, 0) is 23.8 Å². The van der Waals surface area contributed by atoms with Gasteiger partial charge < -0.3 is 9.84 Å². The lowest BCUT2D eigenvalue weighted by molar-refractivity contribution is 0.408. The predicted octanol–water partition coefficient (Wildman–Crippen LogP) is 3.21. The minimum atomic E-state index is -0.324. The Morgan fingerprint density at radius 3 is 2.56 bits per heavy atom. The summed E-state index contributed by atoms with van der Waals surface area (Å²) in [5, 5.41) is 9.47. The quantitative estimate of drug-likeness (QED) is 0.838. The summed E-state index contributed by atoms with van der Waals surface area (Å²) < 4.78 is 18.5. The first-order valence-electron chi connectivity index (χ1n) is 4.83. The van der Waals surface area contributed by atoms with E-state index in [0.29, 0.717) is 16.9 Å². The number of rotatable bonds is 2. The molecule has 0 saturated carbocycles. The lowest BCUT2D eigenvalue weighted by Crippen LogP contribution is -1.87. The van der Waals surface area contributed by atoms with Gasteiger partial charge in [-0.1, -0.05) is 18.2 Å². The zero-order valence-corrected chi connectivity index (χ0v) is 8.77. The van der Waals surface area contributed by atoms with Crippen LogP contribution in [-0.4, -0.2) is 12.2 Å². The molecule has 2 nitrogen and oxygen atoms in total. The smallest absolute Gasteiger partial charge is 0.131 e. The second kappa shape index (κ2) is 4.23. The van der Waals surface area contributed by atoms with Crippen LogP contribution in [0.1, 0.15) is 0 Å². The minimum Gasteiger partial charge on any atom is -0.508 e. The molecule has 0 spiro atoms. The topological polar surface area (TPSA) is 29.5 Å². The summed E-state index contributed by atoms with van der Waals surface area (Å²) in [6.45, 7) is 0. The number of hydrogen-bond acceptors (Lipinski definition) is 2. The van der Waals surface area contributed by atoms with E-state index in [4.69, 9.17) is 4.74 Å². The maximum Gasteiger partial charge on any atom is 0.131 e. The average Bonchev–Trinajstić information content (AvgIpc) is 2.28. The number of phenolic OH excluding ortho intramolecular Hbond substituents is 1. The highest BCUT2D eigenvalue weighted by Gasteiger charge is 2.06. The maximum absolute atomic E-state index is 13.5. The summed E-state index contributed by atoms with van der Waals surface area (Å²) in [6.07, 6.45) is 0. The van der Waals surface area contributed by atoms with Crippen molar-refractivity contribution in [2.24, 2.45) is 0 Å². The van der Waals surface area contributed by atoms with Gasteiger partial charge in [0.2, 0.25) is 0 Å². The first-order valence-corrected chi connectivity index (χ1v) is 4.83. The van der Waals surface area contributed by atoms with Gasteiger partial charge in [0.25, 0.3) is 0 Å². The molecule has 0 aliphatic heterocycles. The fourth-order valence-corrected chi connectivity index (χ4v) is 1.55. The van der Waals surface area contributed by atoms with Crippen LogP contribution in [0, 0.1) is 5.82 Å². The zero-order valence-electron chi connectivity index (χ0n) is 8.77. The van der Waals surface area contributed by atoms with Crippen LogP contribution in [0.3, 0.4) is 0 Å². The average molecular weight is 218 g/mol. The molecule has 16 heavy (non-hydrogen) atoms. The first-order chi connectivity index (χ1) is 7.70. The molecule has 0 heterocycles. The van der Waals surface area contributed by atoms with Crippen LogP contribution < -0.4 is 4.74 Å². The molecule has 0 aliphatic carbocycles. The number of hydrogen-bond donors (Lipinski definition) is 1. The van der Waals surface area contributed by atoms with Crippen molar-refractivity contribution in [3.63, 3.8) is 0 Å². The summed E-state index contributed by atoms with van der Waals surface area (Å²) in [6, 6.07) is 11.1. The molecule has 0 aromatic heterocycles. The van der Waals surface area contributed by atoms with E-state index in [1.807, 2.05) is 0 Å². The molecule has 3 heteroatoms. The van der Waals surface area contributed by atoms with E-state index in [0.717, 1.165) is 0 Å². The van der Waals surface area contributed by atoms with E-state index in [9.17, 15) is 9.50 Å². The van der Waals surface area contributed by atoms with Crippen LogP contribution in [0.15, 0.2) is 42.5 Å². The largest absolute Gasteiger partial charge is 0.508 e. The van der Waals surface area contributed by atoms with Gasteiger partial charge in [-0.3, -0.25) is 0 Å². The molecule has 0 atom stereocenters. The Morgan fingerprint density at radius 1 is 1.12 bits per heavy atom. The molecule has 0 amide bonds. The summed E-state index contributed by atoms with van der Waals surface area (Å²) in [5.41, 5.74) is 1.03. The summed E-state index contributed by atoms with van der Waals surface area (Å²) in [4.78, 5) is 0. The standard InChI is InChI=1S/C13H11FO2/c1-16-11-7-9(6-10(15)8-11)12-4-2-3-5-13(12)14/h2-8,15H,1H3. The third-order valence-corrected chi connectivity index (χ3v) is 2.31. The van der Waals surface area contributed by atoms with Crippen molar-refractivity contribution in [1.29, 1.82) is 0 Å². The molecule has 0 unspecified atom stereocenters. The van der Waals surface area contributed by atoms with Gasteiger partial charge in [0, 0.05) is 11.6 Å². The van der Waals surface area contributed by atoms with E-state index < -0.39 is 0 Å². The highest BCUT2D eigenvalue weighted by atomic mass is 19.1. The van der Waals surface area contributed by atoms with E-state index >= 15 is 0 Å². The minimum absolute atomic E-state index is 0.0533. The molecule has 0 aliphatic rings. The highest BCUT2D eigenvalue weighted by Crippen LogP contribution is 2.30. The predicted molar refractivity (Wildman–Crippen MR) is 60.1 cm³/mol. The van der Waals surface area contributed by atoms with Crippen molar-refractivity contribution in [1.82, 2.24) is 0 Å². The molecule has 0 radical (unpaired) electrons. The second-order valence-electron chi connectivity index (χ2n) is 3.40. The van der Waals surface area contributed by atoms with Crippen LogP contribution in [0.5, 0.6) is 11.5 Å². The van der Waals surface area contributed by atoms with Crippen molar-refractivity contribution in [2.45, 2.75) is 0 Å². The normalized spacial score (nSPS) is 10.1. The lowest BCUT2D eigenvalue weighted by Gasteiger charge is -2.07. The first kappa shape index (κ1) is 10.5. The fraction of sp³-hybridized carbons (Fsp3) is 0.0769. The molecule has 2 rings (SSSR count). The molecule has 0 saturated heterocycles. The number of aromatic hydroxyl groups is 1. The summed E-state index contributed by atoms with van der Waals surface area (Å²) in [5.74, 6) is 0.228. The van der Waals surface area contributed by atoms with Crippen LogP contribution in [0.2, 0.25) is 0 Å². The van der Waals surface area contributed by atoms with Crippen molar-refractivity contribution < 1.29 is 14.2 Å². The lowest BCUT2D eigenvalue weighted by atomic mass is 10.0. The van der Waals surface area contributed by atoms with Crippen LogP contribution >= 0.6 is 0 Å². The van der Waals surface area contributed by atoms with Crippen LogP contribution in [0.25, 0.3) is 11.1 Å². The Hall–Kier alpha value is -2.03. The third kappa shape index (κ3) is 1.98. The van der Waals surface area contributed by atoms with Gasteiger partial charge in [0.1, 0.15) is 17.3 Å². The van der Waals surface area contributed by atoms with Crippen molar-refractivity contribution >= 4 is 0 Å². The Labute approximate surface area is 92.9 Å². The van der Waals surface area contributed by atoms with E-state index in [-0.39, 0.29) is 11.6 Å². The van der Waals surface area contributed by atoms with Crippen molar-refractivity contribution in [2.75, 3.05) is 7.11 Å². The number of benzene rings is 2. The van der Waals surface area contributed by atoms with E-state index in [2.05, 4.69) is 0 Å². The highest BCUT2D eigenvalue weighted by molar-refractivity contribution is 5.67. The molecule has 0 fully saturated rings. The second-order valence-corrected chi connectivity index (χ2v) is 3.40. The number of halogens is 1.